The molecule has 3 aromatic carbocycles. The second-order valence-electron chi connectivity index (χ2n) is 6.73. The quantitative estimate of drug-likeness (QED) is 0.428. The van der Waals surface area contributed by atoms with E-state index in [1.54, 1.807) is 36.4 Å². The highest BCUT2D eigenvalue weighted by molar-refractivity contribution is 8.18. The Morgan fingerprint density at radius 3 is 2.65 bits per heavy atom. The van der Waals surface area contributed by atoms with Gasteiger partial charge in [0.05, 0.1) is 23.1 Å². The summed E-state index contributed by atoms with van der Waals surface area (Å²) in [6.45, 7) is 0.132. The number of benzene rings is 3. The van der Waals surface area contributed by atoms with Crippen LogP contribution in [0.3, 0.4) is 0 Å². The van der Waals surface area contributed by atoms with Crippen LogP contribution in [0.1, 0.15) is 16.7 Å². The molecule has 3 aromatic rings. The minimum Gasteiger partial charge on any atom is -0.480 e. The molecular formula is C25H16N2O3S. The van der Waals surface area contributed by atoms with Gasteiger partial charge in [-0.25, -0.2) is 0 Å². The standard InChI is InChI=1S/C25H16N2O3S/c1-2-13-30-22-12-11-17-7-5-6-10-20(17)21(22)14-23-24(28)27(25(29)31-23)16-19-9-4-3-8-18(19)15-26/h1,3-12,14H,13,16H2/b23-14+. The summed E-state index contributed by atoms with van der Waals surface area (Å²) in [7, 11) is 0. The Balaban J connectivity index is 1.72. The molecular weight excluding hydrogens is 408 g/mol. The fraction of sp³-hybridized carbons (Fsp3) is 0.0800. The Labute approximate surface area is 183 Å². The van der Waals surface area contributed by atoms with Gasteiger partial charge in [0.1, 0.15) is 12.4 Å². The number of ether oxygens (including phenoxy) is 1. The van der Waals surface area contributed by atoms with Crippen LogP contribution < -0.4 is 4.74 Å². The van der Waals surface area contributed by atoms with Crippen LogP contribution in [-0.2, 0) is 11.3 Å². The van der Waals surface area contributed by atoms with Gasteiger partial charge in [-0.05, 0) is 46.3 Å². The molecule has 0 aromatic heterocycles. The molecule has 4 rings (SSSR count). The molecule has 0 bridgehead atoms. The molecule has 6 heteroatoms. The molecule has 2 amide bonds. The lowest BCUT2D eigenvalue weighted by Gasteiger charge is -2.13. The van der Waals surface area contributed by atoms with E-state index in [-0.39, 0.29) is 18.4 Å². The summed E-state index contributed by atoms with van der Waals surface area (Å²) in [6.07, 6.45) is 7.01. The van der Waals surface area contributed by atoms with Gasteiger partial charge in [0, 0.05) is 5.56 Å². The summed E-state index contributed by atoms with van der Waals surface area (Å²) in [4.78, 5) is 27.1. The first-order valence-electron chi connectivity index (χ1n) is 9.43. The highest BCUT2D eigenvalue weighted by Gasteiger charge is 2.35. The van der Waals surface area contributed by atoms with Gasteiger partial charge < -0.3 is 4.74 Å². The maximum absolute atomic E-state index is 13.0. The smallest absolute Gasteiger partial charge is 0.293 e. The van der Waals surface area contributed by atoms with E-state index >= 15 is 0 Å². The Morgan fingerprint density at radius 2 is 1.84 bits per heavy atom. The van der Waals surface area contributed by atoms with Crippen molar-refractivity contribution in [2.45, 2.75) is 6.54 Å². The van der Waals surface area contributed by atoms with Crippen molar-refractivity contribution in [3.63, 3.8) is 0 Å². The van der Waals surface area contributed by atoms with Gasteiger partial charge in [-0.15, -0.1) is 6.42 Å². The maximum atomic E-state index is 13.0. The van der Waals surface area contributed by atoms with E-state index in [0.29, 0.717) is 27.3 Å². The van der Waals surface area contributed by atoms with E-state index in [9.17, 15) is 14.9 Å². The molecule has 0 spiro atoms. The maximum Gasteiger partial charge on any atom is 0.293 e. The van der Waals surface area contributed by atoms with Crippen molar-refractivity contribution in [2.75, 3.05) is 6.61 Å². The molecule has 5 nitrogen and oxygen atoms in total. The zero-order chi connectivity index (χ0) is 21.8. The molecule has 0 atom stereocenters. The van der Waals surface area contributed by atoms with Crippen molar-refractivity contribution < 1.29 is 14.3 Å². The van der Waals surface area contributed by atoms with E-state index in [2.05, 4.69) is 12.0 Å². The second kappa shape index (κ2) is 8.79. The number of rotatable bonds is 5. The monoisotopic (exact) mass is 424 g/mol. The summed E-state index contributed by atoms with van der Waals surface area (Å²) in [6, 6.07) is 20.4. The van der Waals surface area contributed by atoms with Crippen molar-refractivity contribution in [2.24, 2.45) is 0 Å². The minimum atomic E-state index is -0.404. The number of thioether (sulfide) groups is 1. The number of hydrogen-bond acceptors (Lipinski definition) is 5. The number of carbonyl (C=O) groups is 2. The van der Waals surface area contributed by atoms with Gasteiger partial charge in [-0.1, -0.05) is 54.5 Å². The number of nitriles is 1. The van der Waals surface area contributed by atoms with Crippen LogP contribution in [0.5, 0.6) is 5.75 Å². The molecule has 150 valence electrons. The summed E-state index contributed by atoms with van der Waals surface area (Å²) in [5.41, 5.74) is 1.75. The van der Waals surface area contributed by atoms with Crippen LogP contribution in [0, 0.1) is 23.7 Å². The Morgan fingerprint density at radius 1 is 1.06 bits per heavy atom. The van der Waals surface area contributed by atoms with Crippen LogP contribution in [0.2, 0.25) is 0 Å². The molecule has 1 aliphatic rings. The van der Waals surface area contributed by atoms with Gasteiger partial charge in [-0.2, -0.15) is 5.26 Å². The number of terminal acetylenes is 1. The number of hydrogen-bond donors (Lipinski definition) is 0. The molecule has 0 unspecified atom stereocenters. The lowest BCUT2D eigenvalue weighted by molar-refractivity contribution is -0.123. The van der Waals surface area contributed by atoms with Crippen molar-refractivity contribution in [3.05, 3.63) is 82.3 Å². The SMILES string of the molecule is C#CCOc1ccc2ccccc2c1/C=C1/SC(=O)N(Cc2ccccc2C#N)C1=O. The van der Waals surface area contributed by atoms with E-state index in [4.69, 9.17) is 11.2 Å². The summed E-state index contributed by atoms with van der Waals surface area (Å²) in [5, 5.41) is 10.8. The molecule has 1 saturated heterocycles. The first kappa shape index (κ1) is 20.3. The largest absolute Gasteiger partial charge is 0.480 e. The zero-order valence-electron chi connectivity index (χ0n) is 16.4. The highest BCUT2D eigenvalue weighted by Crippen LogP contribution is 2.37. The highest BCUT2D eigenvalue weighted by atomic mass is 32.2. The van der Waals surface area contributed by atoms with Crippen LogP contribution >= 0.6 is 11.8 Å². The minimum absolute atomic E-state index is 0.0434. The number of imide groups is 1. The third-order valence-corrected chi connectivity index (χ3v) is 5.76. The van der Waals surface area contributed by atoms with E-state index in [1.807, 2.05) is 30.3 Å². The van der Waals surface area contributed by atoms with Gasteiger partial charge in [0.2, 0.25) is 0 Å². The lowest BCUT2D eigenvalue weighted by Crippen LogP contribution is -2.27. The Hall–Kier alpha value is -4.00. The number of nitrogens with zero attached hydrogens (tertiary/aromatic N) is 2. The van der Waals surface area contributed by atoms with Gasteiger partial charge in [0.15, 0.2) is 0 Å². The third-order valence-electron chi connectivity index (χ3n) is 4.86. The summed E-state index contributed by atoms with van der Waals surface area (Å²) in [5.74, 6) is 2.58. The van der Waals surface area contributed by atoms with Crippen LogP contribution in [0.4, 0.5) is 4.79 Å². The van der Waals surface area contributed by atoms with Crippen LogP contribution in [-0.4, -0.2) is 22.7 Å². The summed E-state index contributed by atoms with van der Waals surface area (Å²) >= 11 is 0.870. The first-order valence-corrected chi connectivity index (χ1v) is 10.3. The van der Waals surface area contributed by atoms with Gasteiger partial charge in [0.25, 0.3) is 11.1 Å². The molecule has 0 aliphatic carbocycles. The van der Waals surface area contributed by atoms with E-state index < -0.39 is 5.91 Å². The molecule has 31 heavy (non-hydrogen) atoms. The van der Waals surface area contributed by atoms with E-state index in [1.165, 1.54) is 0 Å². The third kappa shape index (κ3) is 4.02. The van der Waals surface area contributed by atoms with Crippen molar-refractivity contribution in [1.29, 1.82) is 5.26 Å². The number of fused-ring (bicyclic) bond motifs is 1. The molecule has 1 aliphatic heterocycles. The Kier molecular flexibility index (Phi) is 5.75. The summed E-state index contributed by atoms with van der Waals surface area (Å²) < 4.78 is 5.68. The van der Waals surface area contributed by atoms with Crippen LogP contribution in [0.25, 0.3) is 16.8 Å². The van der Waals surface area contributed by atoms with Crippen molar-refractivity contribution >= 4 is 39.8 Å². The first-order chi connectivity index (χ1) is 15.1. The average molecular weight is 424 g/mol. The van der Waals surface area contributed by atoms with Crippen molar-refractivity contribution in [1.82, 2.24) is 4.90 Å². The predicted molar refractivity (Wildman–Crippen MR) is 121 cm³/mol. The molecule has 1 heterocycles. The fourth-order valence-electron chi connectivity index (χ4n) is 3.37. The number of carbonyl (C=O) groups excluding carboxylic acids is 2. The molecule has 0 radical (unpaired) electrons. The van der Waals surface area contributed by atoms with Gasteiger partial charge in [-0.3, -0.25) is 14.5 Å². The molecule has 1 fully saturated rings. The van der Waals surface area contributed by atoms with Gasteiger partial charge >= 0.3 is 0 Å². The average Bonchev–Trinajstić information content (AvgIpc) is 3.06. The van der Waals surface area contributed by atoms with E-state index in [0.717, 1.165) is 27.4 Å². The second-order valence-corrected chi connectivity index (χ2v) is 7.72. The number of amides is 2. The topological polar surface area (TPSA) is 70.4 Å². The zero-order valence-corrected chi connectivity index (χ0v) is 17.2. The lowest BCUT2D eigenvalue weighted by atomic mass is 10.0. The normalized spacial score (nSPS) is 14.6. The van der Waals surface area contributed by atoms with Crippen molar-refractivity contribution in [3.8, 4) is 24.2 Å². The molecule has 0 saturated carbocycles. The fourth-order valence-corrected chi connectivity index (χ4v) is 4.19. The Bertz CT molecular complexity index is 1310. The van der Waals surface area contributed by atoms with Crippen LogP contribution in [0.15, 0.2) is 65.6 Å². The molecule has 0 N–H and O–H groups in total. The predicted octanol–water partition coefficient (Wildman–Crippen LogP) is 4.96.